The summed E-state index contributed by atoms with van der Waals surface area (Å²) >= 11 is 0. The van der Waals surface area contributed by atoms with E-state index in [1.54, 1.807) is 6.07 Å². The van der Waals surface area contributed by atoms with Crippen LogP contribution < -0.4 is 5.32 Å². The van der Waals surface area contributed by atoms with Crippen molar-refractivity contribution in [2.45, 2.75) is 38.3 Å². The molecule has 0 spiro atoms. The summed E-state index contributed by atoms with van der Waals surface area (Å²) in [4.78, 5) is 13.5. The molecule has 3 atom stereocenters. The van der Waals surface area contributed by atoms with Gasteiger partial charge in [0.2, 0.25) is 5.91 Å². The van der Waals surface area contributed by atoms with Crippen LogP contribution in [0.2, 0.25) is 0 Å². The molecule has 0 aromatic heterocycles. The van der Waals surface area contributed by atoms with Gasteiger partial charge in [-0.15, -0.1) is 0 Å². The van der Waals surface area contributed by atoms with Crippen LogP contribution in [0.4, 0.5) is 10.1 Å². The molecular weight excluding hydrogens is 355 g/mol. The highest BCUT2D eigenvalue weighted by molar-refractivity contribution is 5.88. The Hall–Kier alpha value is -2.24. The predicted octanol–water partition coefficient (Wildman–Crippen LogP) is 3.90. The van der Waals surface area contributed by atoms with Crippen molar-refractivity contribution in [3.8, 4) is 0 Å². The maximum atomic E-state index is 13.8. The Balaban J connectivity index is 1.48. The van der Waals surface area contributed by atoms with Crippen molar-refractivity contribution >= 4 is 11.6 Å². The second kappa shape index (κ2) is 7.64. The molecule has 0 radical (unpaired) electrons. The monoisotopic (exact) mass is 382 g/mol. The van der Waals surface area contributed by atoms with E-state index in [2.05, 4.69) is 10.2 Å². The van der Waals surface area contributed by atoms with E-state index in [1.807, 2.05) is 30.3 Å². The van der Waals surface area contributed by atoms with Gasteiger partial charge in [-0.05, 0) is 60.6 Å². The highest BCUT2D eigenvalue weighted by Gasteiger charge is 2.49. The number of rotatable bonds is 4. The number of fused-ring (bicyclic) bond motifs is 1. The first-order chi connectivity index (χ1) is 13.4. The molecule has 1 aliphatic heterocycles. The molecule has 4 nitrogen and oxygen atoms in total. The quantitative estimate of drug-likeness (QED) is 0.843. The van der Waals surface area contributed by atoms with E-state index in [9.17, 15) is 14.3 Å². The third-order valence-corrected chi connectivity index (χ3v) is 6.27. The number of carbonyl (C=O) groups excluding carboxylic acids is 1. The summed E-state index contributed by atoms with van der Waals surface area (Å²) in [7, 11) is 0. The van der Waals surface area contributed by atoms with E-state index < -0.39 is 5.60 Å². The maximum absolute atomic E-state index is 13.8. The molecule has 28 heavy (non-hydrogen) atoms. The molecule has 0 unspecified atom stereocenters. The van der Waals surface area contributed by atoms with E-state index >= 15 is 0 Å². The summed E-state index contributed by atoms with van der Waals surface area (Å²) in [6, 6.07) is 14.4. The summed E-state index contributed by atoms with van der Waals surface area (Å²) in [6.07, 6.45) is 2.77. The van der Waals surface area contributed by atoms with E-state index in [-0.39, 0.29) is 17.6 Å². The average Bonchev–Trinajstić information content (AvgIpc) is 3.07. The van der Waals surface area contributed by atoms with Crippen LogP contribution in [0, 0.1) is 17.7 Å². The number of anilines is 1. The van der Waals surface area contributed by atoms with Crippen LogP contribution in [-0.2, 0) is 16.9 Å². The lowest BCUT2D eigenvalue weighted by Gasteiger charge is -2.41. The summed E-state index contributed by atoms with van der Waals surface area (Å²) in [5.74, 6) is 0.192. The molecule has 0 bridgehead atoms. The first-order valence-electron chi connectivity index (χ1n) is 10.0. The van der Waals surface area contributed by atoms with Crippen molar-refractivity contribution < 1.29 is 14.3 Å². The topological polar surface area (TPSA) is 52.6 Å². The van der Waals surface area contributed by atoms with Crippen molar-refractivity contribution in [3.63, 3.8) is 0 Å². The molecule has 4 rings (SSSR count). The fourth-order valence-corrected chi connectivity index (χ4v) is 5.01. The number of hydrogen-bond acceptors (Lipinski definition) is 3. The van der Waals surface area contributed by atoms with Gasteiger partial charge in [-0.2, -0.15) is 0 Å². The van der Waals surface area contributed by atoms with Crippen LogP contribution in [0.25, 0.3) is 0 Å². The number of halogens is 1. The van der Waals surface area contributed by atoms with Gasteiger partial charge in [-0.25, -0.2) is 4.39 Å². The van der Waals surface area contributed by atoms with E-state index in [1.165, 1.54) is 24.6 Å². The van der Waals surface area contributed by atoms with Crippen molar-refractivity contribution in [2.24, 2.45) is 11.8 Å². The summed E-state index contributed by atoms with van der Waals surface area (Å²) in [5.41, 5.74) is 1.74. The van der Waals surface area contributed by atoms with Crippen LogP contribution in [0.15, 0.2) is 48.5 Å². The highest BCUT2D eigenvalue weighted by atomic mass is 19.1. The number of nitrogens with one attached hydrogen (secondary N) is 1. The molecule has 1 aliphatic carbocycles. The number of likely N-dealkylation sites (tertiary alicyclic amines) is 1. The third kappa shape index (κ3) is 3.82. The zero-order valence-corrected chi connectivity index (χ0v) is 16.2. The summed E-state index contributed by atoms with van der Waals surface area (Å²) in [6.45, 7) is 4.08. The molecule has 5 heteroatoms. The lowest BCUT2D eigenvalue weighted by molar-refractivity contribution is -0.114. The molecule has 1 heterocycles. The smallest absolute Gasteiger partial charge is 0.221 e. The first-order valence-corrected chi connectivity index (χ1v) is 10.0. The zero-order chi connectivity index (χ0) is 19.7. The van der Waals surface area contributed by atoms with Gasteiger partial charge in [-0.3, -0.25) is 9.69 Å². The minimum atomic E-state index is -0.949. The van der Waals surface area contributed by atoms with Gasteiger partial charge in [0.25, 0.3) is 0 Å². The lowest BCUT2D eigenvalue weighted by Crippen LogP contribution is -2.42. The van der Waals surface area contributed by atoms with Gasteiger partial charge in [0.1, 0.15) is 5.82 Å². The predicted molar refractivity (Wildman–Crippen MR) is 107 cm³/mol. The van der Waals surface area contributed by atoms with Crippen LogP contribution in [-0.4, -0.2) is 29.0 Å². The number of hydrogen-bond donors (Lipinski definition) is 2. The third-order valence-electron chi connectivity index (χ3n) is 6.27. The second-order valence-electron chi connectivity index (χ2n) is 8.27. The minimum absolute atomic E-state index is 0.0759. The molecule has 2 aliphatic rings. The van der Waals surface area contributed by atoms with Crippen molar-refractivity contribution in [2.75, 3.05) is 18.4 Å². The number of amides is 1. The van der Waals surface area contributed by atoms with E-state index in [4.69, 9.17) is 0 Å². The molecule has 1 saturated heterocycles. The molecule has 1 amide bonds. The Labute approximate surface area is 165 Å². The van der Waals surface area contributed by atoms with Gasteiger partial charge in [0.05, 0.1) is 5.60 Å². The zero-order valence-electron chi connectivity index (χ0n) is 16.2. The molecule has 148 valence electrons. The van der Waals surface area contributed by atoms with Gasteiger partial charge in [0.15, 0.2) is 0 Å². The molecule has 2 aromatic carbocycles. The highest BCUT2D eigenvalue weighted by Crippen LogP contribution is 2.48. The summed E-state index contributed by atoms with van der Waals surface area (Å²) < 4.78 is 13.8. The average molecular weight is 382 g/mol. The number of benzene rings is 2. The normalized spacial score (nSPS) is 27.4. The Bertz CT molecular complexity index is 854. The van der Waals surface area contributed by atoms with Crippen molar-refractivity contribution in [1.29, 1.82) is 0 Å². The van der Waals surface area contributed by atoms with Crippen LogP contribution in [0.3, 0.4) is 0 Å². The Morgan fingerprint density at radius 2 is 2.04 bits per heavy atom. The van der Waals surface area contributed by atoms with Gasteiger partial charge in [-0.1, -0.05) is 24.3 Å². The molecule has 2 N–H and O–H groups in total. The molecule has 2 aromatic rings. The van der Waals surface area contributed by atoms with Gasteiger partial charge < -0.3 is 10.4 Å². The van der Waals surface area contributed by atoms with Crippen molar-refractivity contribution in [1.82, 2.24) is 4.90 Å². The Morgan fingerprint density at radius 1 is 1.25 bits per heavy atom. The van der Waals surface area contributed by atoms with Crippen molar-refractivity contribution in [3.05, 3.63) is 65.5 Å². The summed E-state index contributed by atoms with van der Waals surface area (Å²) in [5, 5.41) is 14.3. The SMILES string of the molecule is CC(=O)Nc1ccc(CN2C[C@@H]3CCC[C@@](O)(c4cccc(F)c4)[C@@H]3C2)cc1. The first kappa shape index (κ1) is 19.1. The van der Waals surface area contributed by atoms with Crippen LogP contribution >= 0.6 is 0 Å². The lowest BCUT2D eigenvalue weighted by atomic mass is 9.67. The molecular formula is C23H27FN2O2. The van der Waals surface area contributed by atoms with Gasteiger partial charge in [0, 0.05) is 38.2 Å². The minimum Gasteiger partial charge on any atom is -0.385 e. The molecule has 2 fully saturated rings. The van der Waals surface area contributed by atoms with Gasteiger partial charge >= 0.3 is 0 Å². The number of carbonyl (C=O) groups is 1. The number of aliphatic hydroxyl groups is 1. The fourth-order valence-electron chi connectivity index (χ4n) is 5.01. The Morgan fingerprint density at radius 3 is 2.75 bits per heavy atom. The van der Waals surface area contributed by atoms with Crippen LogP contribution in [0.5, 0.6) is 0 Å². The standard InChI is InChI=1S/C23H27FN2O2/c1-16(27)25-21-9-7-17(8-10-21)13-26-14-18-4-3-11-23(28,22(18)15-26)19-5-2-6-20(24)12-19/h2,5-10,12,18,22,28H,3-4,11,13-15H2,1H3,(H,25,27)/t18-,22+,23+/m0/s1. The van der Waals surface area contributed by atoms with Crippen LogP contribution in [0.1, 0.15) is 37.3 Å². The Kier molecular flexibility index (Phi) is 5.21. The second-order valence-corrected chi connectivity index (χ2v) is 8.27. The molecule has 1 saturated carbocycles. The largest absolute Gasteiger partial charge is 0.385 e. The fraction of sp³-hybridized carbons (Fsp3) is 0.435. The number of nitrogens with zero attached hydrogens (tertiary/aromatic N) is 1. The van der Waals surface area contributed by atoms with E-state index in [0.29, 0.717) is 17.9 Å². The maximum Gasteiger partial charge on any atom is 0.221 e. The van der Waals surface area contributed by atoms with E-state index in [0.717, 1.165) is 38.2 Å².